The summed E-state index contributed by atoms with van der Waals surface area (Å²) in [5, 5.41) is 11.9. The van der Waals surface area contributed by atoms with Gasteiger partial charge in [-0.1, -0.05) is 56.2 Å². The summed E-state index contributed by atoms with van der Waals surface area (Å²) in [6.07, 6.45) is 5.48. The number of carbonyl (C=O) groups excluding carboxylic acids is 1. The molecule has 0 aromatic heterocycles. The molecule has 0 saturated heterocycles. The SMILES string of the molecule is CC1(C(=O)NCc2ccccc2C#CCO)CCCCC1. The summed E-state index contributed by atoms with van der Waals surface area (Å²) in [5.41, 5.74) is 1.64. The van der Waals surface area contributed by atoms with Gasteiger partial charge in [-0.2, -0.15) is 0 Å². The highest BCUT2D eigenvalue weighted by Crippen LogP contribution is 2.35. The zero-order valence-electron chi connectivity index (χ0n) is 12.6. The fourth-order valence-corrected chi connectivity index (χ4v) is 2.88. The first-order chi connectivity index (χ1) is 10.2. The molecule has 2 N–H and O–H groups in total. The van der Waals surface area contributed by atoms with E-state index in [1.807, 2.05) is 24.3 Å². The van der Waals surface area contributed by atoms with E-state index in [-0.39, 0.29) is 17.9 Å². The van der Waals surface area contributed by atoms with Crippen LogP contribution in [0, 0.1) is 17.3 Å². The quantitative estimate of drug-likeness (QED) is 0.839. The molecule has 1 fully saturated rings. The van der Waals surface area contributed by atoms with Gasteiger partial charge in [-0.25, -0.2) is 0 Å². The second kappa shape index (κ2) is 7.28. The molecule has 1 amide bonds. The minimum Gasteiger partial charge on any atom is -0.384 e. The van der Waals surface area contributed by atoms with Crippen molar-refractivity contribution in [2.75, 3.05) is 6.61 Å². The summed E-state index contributed by atoms with van der Waals surface area (Å²) in [4.78, 5) is 12.4. The van der Waals surface area contributed by atoms with Crippen LogP contribution in [0.2, 0.25) is 0 Å². The topological polar surface area (TPSA) is 49.3 Å². The molecule has 0 aliphatic heterocycles. The number of aliphatic hydroxyl groups is 1. The van der Waals surface area contributed by atoms with Gasteiger partial charge in [0.15, 0.2) is 0 Å². The molecule has 21 heavy (non-hydrogen) atoms. The predicted molar refractivity (Wildman–Crippen MR) is 83.4 cm³/mol. The van der Waals surface area contributed by atoms with E-state index in [4.69, 9.17) is 5.11 Å². The van der Waals surface area contributed by atoms with Crippen molar-refractivity contribution in [3.63, 3.8) is 0 Å². The van der Waals surface area contributed by atoms with Crippen LogP contribution in [0.3, 0.4) is 0 Å². The average molecular weight is 285 g/mol. The second-order valence-corrected chi connectivity index (χ2v) is 5.92. The molecule has 1 aliphatic rings. The monoisotopic (exact) mass is 285 g/mol. The molecule has 0 atom stereocenters. The van der Waals surface area contributed by atoms with Crippen molar-refractivity contribution in [1.29, 1.82) is 0 Å². The molecule has 1 aliphatic carbocycles. The zero-order chi connectivity index (χ0) is 15.1. The van der Waals surface area contributed by atoms with E-state index in [2.05, 4.69) is 24.1 Å². The summed E-state index contributed by atoms with van der Waals surface area (Å²) in [7, 11) is 0. The average Bonchev–Trinajstić information content (AvgIpc) is 2.52. The van der Waals surface area contributed by atoms with Crippen molar-refractivity contribution in [1.82, 2.24) is 5.32 Å². The summed E-state index contributed by atoms with van der Waals surface area (Å²) < 4.78 is 0. The van der Waals surface area contributed by atoms with Gasteiger partial charge in [0.05, 0.1) is 0 Å². The molecule has 0 heterocycles. The first kappa shape index (κ1) is 15.6. The highest BCUT2D eigenvalue weighted by molar-refractivity contribution is 5.82. The van der Waals surface area contributed by atoms with Crippen LogP contribution in [0.4, 0.5) is 0 Å². The Bertz CT molecular complexity index is 548. The maximum absolute atomic E-state index is 12.4. The largest absolute Gasteiger partial charge is 0.384 e. The van der Waals surface area contributed by atoms with E-state index in [9.17, 15) is 4.79 Å². The van der Waals surface area contributed by atoms with Gasteiger partial charge in [0.2, 0.25) is 5.91 Å². The van der Waals surface area contributed by atoms with Crippen LogP contribution in [0.25, 0.3) is 0 Å². The smallest absolute Gasteiger partial charge is 0.226 e. The van der Waals surface area contributed by atoms with Crippen LogP contribution >= 0.6 is 0 Å². The maximum Gasteiger partial charge on any atom is 0.226 e. The van der Waals surface area contributed by atoms with Crippen molar-refractivity contribution in [2.24, 2.45) is 5.41 Å². The van der Waals surface area contributed by atoms with Gasteiger partial charge in [0.1, 0.15) is 6.61 Å². The molecule has 3 heteroatoms. The Morgan fingerprint density at radius 3 is 2.71 bits per heavy atom. The molecule has 0 unspecified atom stereocenters. The molecule has 2 rings (SSSR count). The van der Waals surface area contributed by atoms with Gasteiger partial charge in [0.25, 0.3) is 0 Å². The van der Waals surface area contributed by atoms with Crippen molar-refractivity contribution in [3.8, 4) is 11.8 Å². The van der Waals surface area contributed by atoms with Crippen LogP contribution in [0.15, 0.2) is 24.3 Å². The number of nitrogens with one attached hydrogen (secondary N) is 1. The Balaban J connectivity index is 2.01. The van der Waals surface area contributed by atoms with Crippen molar-refractivity contribution in [2.45, 2.75) is 45.6 Å². The molecule has 0 radical (unpaired) electrons. The fraction of sp³-hybridized carbons (Fsp3) is 0.500. The fourth-order valence-electron chi connectivity index (χ4n) is 2.88. The number of hydrogen-bond donors (Lipinski definition) is 2. The number of aliphatic hydroxyl groups excluding tert-OH is 1. The molecular formula is C18H23NO2. The number of rotatable bonds is 3. The van der Waals surface area contributed by atoms with Gasteiger partial charge >= 0.3 is 0 Å². The Hall–Kier alpha value is -1.79. The maximum atomic E-state index is 12.4. The highest BCUT2D eigenvalue weighted by Gasteiger charge is 2.34. The standard InChI is InChI=1S/C18H23NO2/c1-18(11-5-2-6-12-18)17(21)19-14-16-9-4-3-8-15(16)10-7-13-20/h3-4,8-9,20H,2,5-6,11-14H2,1H3,(H,19,21). The zero-order valence-corrected chi connectivity index (χ0v) is 12.6. The highest BCUT2D eigenvalue weighted by atomic mass is 16.2. The van der Waals surface area contributed by atoms with Gasteiger partial charge in [0, 0.05) is 17.5 Å². The third-order valence-electron chi connectivity index (χ3n) is 4.26. The van der Waals surface area contributed by atoms with Crippen molar-refractivity contribution >= 4 is 5.91 Å². The predicted octanol–water partition coefficient (Wildman–Crippen LogP) is 2.62. The lowest BCUT2D eigenvalue weighted by Gasteiger charge is -2.32. The third kappa shape index (κ3) is 4.09. The molecule has 1 aromatic rings. The summed E-state index contributed by atoms with van der Waals surface area (Å²) in [6, 6.07) is 7.72. The molecule has 0 spiro atoms. The Morgan fingerprint density at radius 2 is 2.00 bits per heavy atom. The van der Waals surface area contributed by atoms with E-state index in [1.165, 1.54) is 6.42 Å². The van der Waals surface area contributed by atoms with E-state index in [0.717, 1.165) is 36.8 Å². The Morgan fingerprint density at radius 1 is 1.29 bits per heavy atom. The van der Waals surface area contributed by atoms with Gasteiger partial charge in [-0.15, -0.1) is 0 Å². The van der Waals surface area contributed by atoms with Crippen molar-refractivity contribution in [3.05, 3.63) is 35.4 Å². The number of hydrogen-bond acceptors (Lipinski definition) is 2. The molecule has 3 nitrogen and oxygen atoms in total. The first-order valence-corrected chi connectivity index (χ1v) is 7.62. The number of benzene rings is 1. The number of carbonyl (C=O) groups is 1. The third-order valence-corrected chi connectivity index (χ3v) is 4.26. The molecule has 1 aromatic carbocycles. The van der Waals surface area contributed by atoms with Crippen LogP contribution in [-0.2, 0) is 11.3 Å². The van der Waals surface area contributed by atoms with E-state index < -0.39 is 0 Å². The van der Waals surface area contributed by atoms with Crippen LogP contribution < -0.4 is 5.32 Å². The normalized spacial score (nSPS) is 16.7. The summed E-state index contributed by atoms with van der Waals surface area (Å²) >= 11 is 0. The summed E-state index contributed by atoms with van der Waals surface area (Å²) in [6.45, 7) is 2.41. The molecule has 1 saturated carbocycles. The minimum absolute atomic E-state index is 0.145. The van der Waals surface area contributed by atoms with Gasteiger partial charge < -0.3 is 10.4 Å². The Labute approximate surface area is 126 Å². The number of amides is 1. The van der Waals surface area contributed by atoms with Gasteiger partial charge in [-0.3, -0.25) is 4.79 Å². The second-order valence-electron chi connectivity index (χ2n) is 5.92. The first-order valence-electron chi connectivity index (χ1n) is 7.62. The van der Waals surface area contributed by atoms with E-state index in [1.54, 1.807) is 0 Å². The van der Waals surface area contributed by atoms with Crippen molar-refractivity contribution < 1.29 is 9.90 Å². The van der Waals surface area contributed by atoms with Crippen LogP contribution in [0.5, 0.6) is 0 Å². The van der Waals surface area contributed by atoms with E-state index in [0.29, 0.717) is 6.54 Å². The van der Waals surface area contributed by atoms with Crippen LogP contribution in [-0.4, -0.2) is 17.6 Å². The lowest BCUT2D eigenvalue weighted by Crippen LogP contribution is -2.40. The van der Waals surface area contributed by atoms with Gasteiger partial charge in [-0.05, 0) is 24.5 Å². The van der Waals surface area contributed by atoms with E-state index >= 15 is 0 Å². The summed E-state index contributed by atoms with van der Waals surface area (Å²) in [5.74, 6) is 5.73. The minimum atomic E-state index is -0.218. The lowest BCUT2D eigenvalue weighted by molar-refractivity contribution is -0.132. The Kier molecular flexibility index (Phi) is 5.41. The molecule has 112 valence electrons. The lowest BCUT2D eigenvalue weighted by atomic mass is 9.75. The molecular weight excluding hydrogens is 262 g/mol. The van der Waals surface area contributed by atoms with Crippen LogP contribution in [0.1, 0.15) is 50.2 Å². The molecule has 0 bridgehead atoms.